The lowest BCUT2D eigenvalue weighted by atomic mass is 10.2. The van der Waals surface area contributed by atoms with Crippen molar-refractivity contribution < 1.29 is 23.4 Å². The third kappa shape index (κ3) is 3.95. The molecule has 0 bridgehead atoms. The molecule has 17 heavy (non-hydrogen) atoms. The van der Waals surface area contributed by atoms with Crippen LogP contribution in [0.15, 0.2) is 18.2 Å². The lowest BCUT2D eigenvalue weighted by molar-refractivity contribution is 0.0980. The van der Waals surface area contributed by atoms with Gasteiger partial charge in [0, 0.05) is 11.6 Å². The van der Waals surface area contributed by atoms with Gasteiger partial charge < -0.3 is 10.2 Å². The highest BCUT2D eigenvalue weighted by Gasteiger charge is 2.16. The van der Waals surface area contributed by atoms with E-state index in [1.807, 2.05) is 4.72 Å². The van der Waals surface area contributed by atoms with Gasteiger partial charge in [0.25, 0.3) is 5.91 Å². The van der Waals surface area contributed by atoms with Crippen LogP contribution in [-0.2, 0) is 10.0 Å². The fourth-order valence-electron chi connectivity index (χ4n) is 1.25. The Morgan fingerprint density at radius 2 is 1.76 bits per heavy atom. The van der Waals surface area contributed by atoms with E-state index in [-0.39, 0.29) is 22.8 Å². The number of hydrogen-bond donors (Lipinski definition) is 3. The minimum absolute atomic E-state index is 0.123. The predicted molar refractivity (Wildman–Crippen MR) is 61.3 cm³/mol. The molecule has 0 atom stereocenters. The Bertz CT molecular complexity index is 503. The number of phenolic OH excluding ortho intramolecular Hbond substituents is 2. The largest absolute Gasteiger partial charge is 0.508 e. The van der Waals surface area contributed by atoms with Crippen LogP contribution < -0.4 is 4.72 Å². The molecular weight excluding hydrogens is 246 g/mol. The fourth-order valence-corrected chi connectivity index (χ4v) is 2.29. The topological polar surface area (TPSA) is 104 Å². The normalized spacial score (nSPS) is 11.1. The van der Waals surface area contributed by atoms with Crippen LogP contribution >= 0.6 is 0 Å². The number of carbonyl (C=O) groups excluding carboxylic acids is 1. The second-order valence-electron chi connectivity index (χ2n) is 3.49. The number of aromatic hydroxyl groups is 2. The van der Waals surface area contributed by atoms with Crippen molar-refractivity contribution in [2.45, 2.75) is 13.3 Å². The van der Waals surface area contributed by atoms with Gasteiger partial charge in [-0.25, -0.2) is 13.1 Å². The highest BCUT2D eigenvalue weighted by molar-refractivity contribution is 7.90. The van der Waals surface area contributed by atoms with Crippen molar-refractivity contribution in [1.29, 1.82) is 0 Å². The first-order valence-corrected chi connectivity index (χ1v) is 6.57. The number of hydrogen-bond acceptors (Lipinski definition) is 5. The van der Waals surface area contributed by atoms with E-state index in [1.165, 1.54) is 0 Å². The van der Waals surface area contributed by atoms with Gasteiger partial charge in [-0.2, -0.15) is 0 Å². The molecule has 6 nitrogen and oxygen atoms in total. The molecule has 0 aliphatic rings. The molecule has 0 aromatic heterocycles. The number of sulfonamides is 1. The third-order valence-electron chi connectivity index (χ3n) is 1.89. The van der Waals surface area contributed by atoms with E-state index in [0.717, 1.165) is 18.2 Å². The Hall–Kier alpha value is -1.76. The molecule has 0 fully saturated rings. The summed E-state index contributed by atoms with van der Waals surface area (Å²) in [6, 6.07) is 3.17. The molecule has 0 aliphatic carbocycles. The van der Waals surface area contributed by atoms with Crippen molar-refractivity contribution in [2.75, 3.05) is 5.75 Å². The molecule has 0 radical (unpaired) electrons. The van der Waals surface area contributed by atoms with Crippen molar-refractivity contribution in [1.82, 2.24) is 4.72 Å². The van der Waals surface area contributed by atoms with Crippen LogP contribution in [0.2, 0.25) is 0 Å². The Kier molecular flexibility index (Phi) is 3.95. The zero-order valence-corrected chi connectivity index (χ0v) is 9.99. The van der Waals surface area contributed by atoms with Gasteiger partial charge >= 0.3 is 0 Å². The second-order valence-corrected chi connectivity index (χ2v) is 5.33. The Labute approximate surface area is 99.0 Å². The van der Waals surface area contributed by atoms with Crippen molar-refractivity contribution in [3.8, 4) is 11.5 Å². The average molecular weight is 259 g/mol. The first-order valence-electron chi connectivity index (χ1n) is 4.92. The molecule has 0 spiro atoms. The van der Waals surface area contributed by atoms with Crippen LogP contribution in [0.3, 0.4) is 0 Å². The van der Waals surface area contributed by atoms with Crippen LogP contribution in [0.25, 0.3) is 0 Å². The summed E-state index contributed by atoms with van der Waals surface area (Å²) in [6.45, 7) is 1.67. The molecule has 1 amide bonds. The van der Waals surface area contributed by atoms with Crippen molar-refractivity contribution >= 4 is 15.9 Å². The van der Waals surface area contributed by atoms with E-state index < -0.39 is 15.9 Å². The maximum atomic E-state index is 11.5. The minimum Gasteiger partial charge on any atom is -0.508 e. The maximum absolute atomic E-state index is 11.5. The number of phenols is 2. The first kappa shape index (κ1) is 13.3. The molecule has 1 aromatic rings. The van der Waals surface area contributed by atoms with Crippen LogP contribution in [0.4, 0.5) is 0 Å². The predicted octanol–water partition coefficient (Wildman–Crippen LogP) is 0.567. The molecule has 3 N–H and O–H groups in total. The quantitative estimate of drug-likeness (QED) is 0.733. The average Bonchev–Trinajstić information content (AvgIpc) is 2.14. The van der Waals surface area contributed by atoms with Gasteiger partial charge in [-0.05, 0) is 18.6 Å². The molecule has 7 heteroatoms. The van der Waals surface area contributed by atoms with Crippen molar-refractivity contribution in [3.05, 3.63) is 23.8 Å². The lowest BCUT2D eigenvalue weighted by Crippen LogP contribution is -2.32. The summed E-state index contributed by atoms with van der Waals surface area (Å²) in [5, 5.41) is 18.3. The summed E-state index contributed by atoms with van der Waals surface area (Å²) in [7, 11) is -3.67. The van der Waals surface area contributed by atoms with Crippen LogP contribution in [0.5, 0.6) is 11.5 Å². The van der Waals surface area contributed by atoms with Gasteiger partial charge in [0.15, 0.2) is 0 Å². The van der Waals surface area contributed by atoms with Gasteiger partial charge in [-0.1, -0.05) is 6.92 Å². The fraction of sp³-hybridized carbons (Fsp3) is 0.300. The zero-order valence-electron chi connectivity index (χ0n) is 9.17. The summed E-state index contributed by atoms with van der Waals surface area (Å²) in [5.41, 5.74) is -0.123. The van der Waals surface area contributed by atoms with E-state index in [1.54, 1.807) is 6.92 Å². The van der Waals surface area contributed by atoms with E-state index in [9.17, 15) is 13.2 Å². The molecule has 0 saturated heterocycles. The highest BCUT2D eigenvalue weighted by Crippen LogP contribution is 2.20. The molecule has 0 saturated carbocycles. The molecule has 94 valence electrons. The van der Waals surface area contributed by atoms with Gasteiger partial charge in [0.1, 0.15) is 11.5 Å². The lowest BCUT2D eigenvalue weighted by Gasteiger charge is -2.06. The standard InChI is InChI=1S/C10H13NO5S/c1-2-3-17(15,16)11-10(14)7-4-8(12)6-9(13)5-7/h4-6,12-13H,2-3H2,1H3,(H,11,14). The van der Waals surface area contributed by atoms with E-state index in [2.05, 4.69) is 0 Å². The number of benzene rings is 1. The van der Waals surface area contributed by atoms with Crippen LogP contribution in [0, 0.1) is 0 Å². The monoisotopic (exact) mass is 259 g/mol. The Morgan fingerprint density at radius 1 is 1.24 bits per heavy atom. The number of carbonyl (C=O) groups is 1. The molecule has 0 heterocycles. The number of amides is 1. The van der Waals surface area contributed by atoms with Gasteiger partial charge in [-0.15, -0.1) is 0 Å². The second kappa shape index (κ2) is 5.05. The Morgan fingerprint density at radius 3 is 2.24 bits per heavy atom. The van der Waals surface area contributed by atoms with Crippen molar-refractivity contribution in [3.63, 3.8) is 0 Å². The molecular formula is C10H13NO5S. The summed E-state index contributed by atoms with van der Waals surface area (Å²) >= 11 is 0. The third-order valence-corrected chi connectivity index (χ3v) is 3.33. The maximum Gasteiger partial charge on any atom is 0.264 e. The van der Waals surface area contributed by atoms with Gasteiger partial charge in [-0.3, -0.25) is 4.79 Å². The molecule has 0 aliphatic heterocycles. The van der Waals surface area contributed by atoms with Gasteiger partial charge in [0.2, 0.25) is 10.0 Å². The summed E-state index contributed by atoms with van der Waals surface area (Å²) in [5.74, 6) is -1.68. The van der Waals surface area contributed by atoms with Crippen molar-refractivity contribution in [2.24, 2.45) is 0 Å². The highest BCUT2D eigenvalue weighted by atomic mass is 32.2. The molecule has 1 aromatic carbocycles. The molecule has 0 unspecified atom stereocenters. The van der Waals surface area contributed by atoms with Crippen LogP contribution in [-0.4, -0.2) is 30.3 Å². The summed E-state index contributed by atoms with van der Waals surface area (Å²) in [4.78, 5) is 11.5. The summed E-state index contributed by atoms with van der Waals surface area (Å²) in [6.07, 6.45) is 0.383. The SMILES string of the molecule is CCCS(=O)(=O)NC(=O)c1cc(O)cc(O)c1. The van der Waals surface area contributed by atoms with E-state index >= 15 is 0 Å². The first-order chi connectivity index (χ1) is 7.84. The Balaban J connectivity index is 2.91. The zero-order chi connectivity index (χ0) is 13.1. The van der Waals surface area contributed by atoms with E-state index in [0.29, 0.717) is 6.42 Å². The van der Waals surface area contributed by atoms with Crippen LogP contribution in [0.1, 0.15) is 23.7 Å². The van der Waals surface area contributed by atoms with Gasteiger partial charge in [0.05, 0.1) is 5.75 Å². The number of nitrogens with one attached hydrogen (secondary N) is 1. The smallest absolute Gasteiger partial charge is 0.264 e. The number of rotatable bonds is 4. The molecule has 1 rings (SSSR count). The van der Waals surface area contributed by atoms with E-state index in [4.69, 9.17) is 10.2 Å². The minimum atomic E-state index is -3.67. The summed E-state index contributed by atoms with van der Waals surface area (Å²) < 4.78 is 24.5.